The summed E-state index contributed by atoms with van der Waals surface area (Å²) in [6, 6.07) is 4.14. The van der Waals surface area contributed by atoms with Gasteiger partial charge in [0.05, 0.1) is 5.56 Å². The molecule has 0 amide bonds. The van der Waals surface area contributed by atoms with Gasteiger partial charge in [-0.3, -0.25) is 4.99 Å². The number of carboxylic acids is 1. The zero-order valence-electron chi connectivity index (χ0n) is 6.60. The van der Waals surface area contributed by atoms with Crippen molar-refractivity contribution in [2.24, 2.45) is 10.2 Å². The van der Waals surface area contributed by atoms with Crippen LogP contribution in [0.15, 0.2) is 28.4 Å². The Morgan fingerprint density at radius 3 is 2.62 bits per heavy atom. The molecule has 66 valence electrons. The van der Waals surface area contributed by atoms with Crippen molar-refractivity contribution in [3.8, 4) is 0 Å². The number of hydrogen-bond donors (Lipinski definition) is 1. The molecular formula is C8H6N2O3. The zero-order valence-corrected chi connectivity index (χ0v) is 6.60. The van der Waals surface area contributed by atoms with E-state index >= 15 is 0 Å². The minimum Gasteiger partial charge on any atom is -0.478 e. The van der Waals surface area contributed by atoms with Gasteiger partial charge in [-0.25, -0.2) is 4.79 Å². The molecule has 5 nitrogen and oxygen atoms in total. The number of aromatic carboxylic acids is 1. The molecule has 13 heavy (non-hydrogen) atoms. The highest BCUT2D eigenvalue weighted by molar-refractivity contribution is 5.96. The topological polar surface area (TPSA) is 79.1 Å². The van der Waals surface area contributed by atoms with E-state index in [-0.39, 0.29) is 16.9 Å². The monoisotopic (exact) mass is 178 g/mol. The Morgan fingerprint density at radius 2 is 2.15 bits per heavy atom. The molecule has 0 spiro atoms. The van der Waals surface area contributed by atoms with E-state index in [1.807, 2.05) is 0 Å². The number of nitrogens with zero attached hydrogens (tertiary/aromatic N) is 2. The van der Waals surface area contributed by atoms with Crippen LogP contribution >= 0.6 is 0 Å². The lowest BCUT2D eigenvalue weighted by molar-refractivity contribution is 0.0698. The first-order valence-electron chi connectivity index (χ1n) is 3.37. The fourth-order valence-electron chi connectivity index (χ4n) is 0.944. The number of hydrogen-bond acceptors (Lipinski definition) is 4. The Bertz CT molecular complexity index is 374. The minimum absolute atomic E-state index is 0.00463. The molecule has 0 aliphatic carbocycles. The first kappa shape index (κ1) is 9.05. The van der Waals surface area contributed by atoms with Gasteiger partial charge in [0.2, 0.25) is 0 Å². The molecule has 1 rings (SSSR count). The predicted molar refractivity (Wildman–Crippen MR) is 48.1 cm³/mol. The molecule has 0 heterocycles. The normalized spacial score (nSPS) is 9.23. The molecule has 1 aromatic rings. The molecular weight excluding hydrogens is 172 g/mol. The Labute approximate surface area is 73.7 Å². The summed E-state index contributed by atoms with van der Waals surface area (Å²) in [5.41, 5.74) is -0.0907. The predicted octanol–water partition coefficient (Wildman–Crippen LogP) is 2.11. The fourth-order valence-corrected chi connectivity index (χ4v) is 0.944. The molecule has 5 heteroatoms. The van der Waals surface area contributed by atoms with Gasteiger partial charge >= 0.3 is 5.97 Å². The third-order valence-corrected chi connectivity index (χ3v) is 1.50. The van der Waals surface area contributed by atoms with E-state index in [0.717, 1.165) is 0 Å². The summed E-state index contributed by atoms with van der Waals surface area (Å²) >= 11 is 0. The number of carbonyl (C=O) groups is 1. The van der Waals surface area contributed by atoms with Gasteiger partial charge in [-0.05, 0) is 24.0 Å². The molecule has 0 unspecified atom stereocenters. The smallest absolute Gasteiger partial charge is 0.337 e. The van der Waals surface area contributed by atoms with E-state index in [1.165, 1.54) is 18.2 Å². The Kier molecular flexibility index (Phi) is 2.49. The zero-order chi connectivity index (χ0) is 9.84. The first-order valence-corrected chi connectivity index (χ1v) is 3.37. The Balaban J connectivity index is 3.43. The lowest BCUT2D eigenvalue weighted by Crippen LogP contribution is -1.95. The van der Waals surface area contributed by atoms with E-state index < -0.39 is 5.97 Å². The van der Waals surface area contributed by atoms with Gasteiger partial charge < -0.3 is 5.11 Å². The first-order chi connectivity index (χ1) is 6.20. The van der Waals surface area contributed by atoms with E-state index in [4.69, 9.17) is 5.11 Å². The van der Waals surface area contributed by atoms with E-state index in [1.54, 1.807) is 0 Å². The standard InChI is InChI=1S/C8H6N2O3/c1-9-7-5(8(11)12)3-2-4-6(7)10-13/h2-4H,1H2,(H,11,12). The maximum absolute atomic E-state index is 10.6. The molecule has 1 aromatic carbocycles. The van der Waals surface area contributed by atoms with Crippen molar-refractivity contribution >= 4 is 24.1 Å². The average Bonchev–Trinajstić information content (AvgIpc) is 2.16. The number of carboxylic acid groups (broad SMARTS) is 1. The number of benzene rings is 1. The third-order valence-electron chi connectivity index (χ3n) is 1.50. The van der Waals surface area contributed by atoms with Gasteiger partial charge in [0.25, 0.3) is 0 Å². The van der Waals surface area contributed by atoms with Crippen molar-refractivity contribution in [1.29, 1.82) is 0 Å². The number of para-hydroxylation sites is 1. The van der Waals surface area contributed by atoms with Crippen LogP contribution in [-0.2, 0) is 0 Å². The molecule has 0 saturated heterocycles. The summed E-state index contributed by atoms with van der Waals surface area (Å²) in [5, 5.41) is 11.3. The van der Waals surface area contributed by atoms with Crippen LogP contribution in [0.4, 0.5) is 11.4 Å². The number of nitroso groups, excluding NO2 is 1. The quantitative estimate of drug-likeness (QED) is 0.568. The van der Waals surface area contributed by atoms with Crippen molar-refractivity contribution in [3.63, 3.8) is 0 Å². The molecule has 1 N–H and O–H groups in total. The largest absolute Gasteiger partial charge is 0.478 e. The van der Waals surface area contributed by atoms with Crippen LogP contribution in [0.25, 0.3) is 0 Å². The molecule has 0 aliphatic heterocycles. The van der Waals surface area contributed by atoms with Gasteiger partial charge in [-0.2, -0.15) is 0 Å². The highest BCUT2D eigenvalue weighted by atomic mass is 16.4. The van der Waals surface area contributed by atoms with Gasteiger partial charge in [-0.15, -0.1) is 4.91 Å². The lowest BCUT2D eigenvalue weighted by atomic mass is 10.1. The lowest BCUT2D eigenvalue weighted by Gasteiger charge is -2.00. The van der Waals surface area contributed by atoms with Crippen LogP contribution in [0, 0.1) is 4.91 Å². The van der Waals surface area contributed by atoms with E-state index in [2.05, 4.69) is 16.9 Å². The molecule has 0 bridgehead atoms. The summed E-state index contributed by atoms with van der Waals surface area (Å²) in [6.07, 6.45) is 0. The minimum atomic E-state index is -1.16. The Hall–Kier alpha value is -2.04. The van der Waals surface area contributed by atoms with Crippen LogP contribution in [0.2, 0.25) is 0 Å². The maximum Gasteiger partial charge on any atom is 0.337 e. The van der Waals surface area contributed by atoms with Crippen LogP contribution in [-0.4, -0.2) is 17.8 Å². The van der Waals surface area contributed by atoms with Crippen molar-refractivity contribution in [1.82, 2.24) is 0 Å². The molecule has 0 saturated carbocycles. The van der Waals surface area contributed by atoms with Crippen molar-refractivity contribution < 1.29 is 9.90 Å². The van der Waals surface area contributed by atoms with Gasteiger partial charge in [-0.1, -0.05) is 6.07 Å². The van der Waals surface area contributed by atoms with Crippen LogP contribution in [0.5, 0.6) is 0 Å². The molecule has 0 radical (unpaired) electrons. The second kappa shape index (κ2) is 3.57. The highest BCUT2D eigenvalue weighted by Crippen LogP contribution is 2.30. The van der Waals surface area contributed by atoms with Gasteiger partial charge in [0.15, 0.2) is 0 Å². The van der Waals surface area contributed by atoms with Crippen molar-refractivity contribution in [2.75, 3.05) is 0 Å². The average molecular weight is 178 g/mol. The summed E-state index contributed by atoms with van der Waals surface area (Å²) in [4.78, 5) is 24.3. The third kappa shape index (κ3) is 1.58. The van der Waals surface area contributed by atoms with Crippen LogP contribution in [0.1, 0.15) is 10.4 Å². The second-order valence-electron chi connectivity index (χ2n) is 2.23. The SMILES string of the molecule is C=Nc1c(N=O)cccc1C(=O)O. The fraction of sp³-hybridized carbons (Fsp3) is 0. The second-order valence-corrected chi connectivity index (χ2v) is 2.23. The molecule has 0 fully saturated rings. The summed E-state index contributed by atoms with van der Waals surface area (Å²) in [7, 11) is 0. The van der Waals surface area contributed by atoms with Crippen molar-refractivity contribution in [2.45, 2.75) is 0 Å². The van der Waals surface area contributed by atoms with Crippen molar-refractivity contribution in [3.05, 3.63) is 28.7 Å². The van der Waals surface area contributed by atoms with E-state index in [9.17, 15) is 9.70 Å². The summed E-state index contributed by atoms with van der Waals surface area (Å²) < 4.78 is 0. The van der Waals surface area contributed by atoms with E-state index in [0.29, 0.717) is 0 Å². The number of rotatable bonds is 3. The summed E-state index contributed by atoms with van der Waals surface area (Å²) in [5.74, 6) is -1.16. The number of aliphatic imine (C=N–C) groups is 1. The van der Waals surface area contributed by atoms with Crippen LogP contribution in [0.3, 0.4) is 0 Å². The molecule has 0 aromatic heterocycles. The molecule has 0 aliphatic rings. The van der Waals surface area contributed by atoms with Gasteiger partial charge in [0.1, 0.15) is 11.4 Å². The van der Waals surface area contributed by atoms with Gasteiger partial charge in [0, 0.05) is 0 Å². The maximum atomic E-state index is 10.6. The Morgan fingerprint density at radius 1 is 1.46 bits per heavy atom. The highest BCUT2D eigenvalue weighted by Gasteiger charge is 2.12. The molecule has 0 atom stereocenters. The van der Waals surface area contributed by atoms with Crippen LogP contribution < -0.4 is 0 Å². The summed E-state index contributed by atoms with van der Waals surface area (Å²) in [6.45, 7) is 3.17.